The van der Waals surface area contributed by atoms with Crippen molar-refractivity contribution in [3.8, 4) is 5.75 Å². The Morgan fingerprint density at radius 3 is 2.56 bits per heavy atom. The molecule has 0 aromatic heterocycles. The molecule has 0 fully saturated rings. The highest BCUT2D eigenvalue weighted by Crippen LogP contribution is 2.22. The van der Waals surface area contributed by atoms with Gasteiger partial charge < -0.3 is 15.2 Å². The van der Waals surface area contributed by atoms with Gasteiger partial charge in [-0.15, -0.1) is 0 Å². The third-order valence-corrected chi connectivity index (χ3v) is 1.95. The zero-order chi connectivity index (χ0) is 12.1. The first-order chi connectivity index (χ1) is 7.60. The van der Waals surface area contributed by atoms with Crippen molar-refractivity contribution in [3.05, 3.63) is 23.8 Å². The van der Waals surface area contributed by atoms with E-state index in [0.29, 0.717) is 11.4 Å². The van der Waals surface area contributed by atoms with Crippen molar-refractivity contribution in [2.75, 3.05) is 19.5 Å². The van der Waals surface area contributed by atoms with Gasteiger partial charge in [0.15, 0.2) is 0 Å². The van der Waals surface area contributed by atoms with Crippen LogP contribution in [0.4, 0.5) is 5.69 Å². The summed E-state index contributed by atoms with van der Waals surface area (Å²) in [6.07, 6.45) is 0. The topological polar surface area (TPSA) is 78.6 Å². The van der Waals surface area contributed by atoms with Crippen LogP contribution in [0.1, 0.15) is 17.3 Å². The summed E-state index contributed by atoms with van der Waals surface area (Å²) in [7, 11) is 1.47. The molecule has 1 aromatic rings. The minimum absolute atomic E-state index is 0.163. The number of ketones is 1. The quantitative estimate of drug-likeness (QED) is 0.357. The van der Waals surface area contributed by atoms with Crippen LogP contribution in [0.25, 0.3) is 0 Å². The number of hydrogen-bond acceptors (Lipinski definition) is 5. The average molecular weight is 223 g/mol. The van der Waals surface area contributed by atoms with E-state index < -0.39 is 11.8 Å². The molecule has 0 aliphatic heterocycles. The predicted molar refractivity (Wildman–Crippen MR) is 58.4 cm³/mol. The molecular formula is C11H13NO4. The number of hydrogen-bond donors (Lipinski definition) is 1. The zero-order valence-electron chi connectivity index (χ0n) is 9.15. The van der Waals surface area contributed by atoms with Gasteiger partial charge in [0.2, 0.25) is 0 Å². The van der Waals surface area contributed by atoms with E-state index in [2.05, 4.69) is 4.74 Å². The second-order valence-electron chi connectivity index (χ2n) is 3.01. The Bertz CT molecular complexity index is 414. The van der Waals surface area contributed by atoms with Crippen LogP contribution in [-0.4, -0.2) is 25.5 Å². The van der Waals surface area contributed by atoms with Gasteiger partial charge in [-0.25, -0.2) is 4.79 Å². The van der Waals surface area contributed by atoms with Crippen LogP contribution in [0.2, 0.25) is 0 Å². The third kappa shape index (κ3) is 2.50. The molecule has 86 valence electrons. The molecule has 1 rings (SSSR count). The number of esters is 1. The van der Waals surface area contributed by atoms with Gasteiger partial charge in [-0.1, -0.05) is 0 Å². The van der Waals surface area contributed by atoms with Gasteiger partial charge >= 0.3 is 5.97 Å². The summed E-state index contributed by atoms with van der Waals surface area (Å²) >= 11 is 0. The summed E-state index contributed by atoms with van der Waals surface area (Å²) in [6, 6.07) is 4.38. The van der Waals surface area contributed by atoms with Crippen LogP contribution in [-0.2, 0) is 9.53 Å². The number of methoxy groups -OCH3 is 1. The number of anilines is 1. The molecule has 0 aliphatic rings. The Hall–Kier alpha value is -2.04. The van der Waals surface area contributed by atoms with Crippen molar-refractivity contribution < 1.29 is 19.1 Å². The van der Waals surface area contributed by atoms with Gasteiger partial charge in [0, 0.05) is 5.56 Å². The molecule has 0 saturated heterocycles. The Labute approximate surface area is 93.1 Å². The third-order valence-electron chi connectivity index (χ3n) is 1.95. The second-order valence-corrected chi connectivity index (χ2v) is 3.01. The van der Waals surface area contributed by atoms with Crippen LogP contribution < -0.4 is 10.5 Å². The molecule has 0 spiro atoms. The molecule has 0 heterocycles. The molecule has 0 unspecified atom stereocenters. The van der Waals surface area contributed by atoms with Gasteiger partial charge in [0.1, 0.15) is 5.75 Å². The maximum Gasteiger partial charge on any atom is 0.379 e. The lowest BCUT2D eigenvalue weighted by Crippen LogP contribution is -2.17. The molecular weight excluding hydrogens is 210 g/mol. The molecule has 0 aliphatic carbocycles. The lowest BCUT2D eigenvalue weighted by atomic mass is 10.1. The number of Topliss-reactive ketones (excluding diaryl/α,β-unsaturated/α-hetero) is 1. The first kappa shape index (κ1) is 12.0. The lowest BCUT2D eigenvalue weighted by molar-refractivity contribution is -0.137. The van der Waals surface area contributed by atoms with Gasteiger partial charge in [0.25, 0.3) is 5.78 Å². The first-order valence-corrected chi connectivity index (χ1v) is 4.75. The monoisotopic (exact) mass is 223 g/mol. The smallest absolute Gasteiger partial charge is 0.379 e. The van der Waals surface area contributed by atoms with Crippen LogP contribution in [0, 0.1) is 0 Å². The maximum atomic E-state index is 11.5. The summed E-state index contributed by atoms with van der Waals surface area (Å²) in [4.78, 5) is 22.7. The SMILES string of the molecule is CCOC(=O)C(=O)c1ccc(OC)c(N)c1. The fraction of sp³-hybridized carbons (Fsp3) is 0.273. The van der Waals surface area contributed by atoms with E-state index >= 15 is 0 Å². The standard InChI is InChI=1S/C11H13NO4/c1-3-16-11(14)10(13)7-4-5-9(15-2)8(12)6-7/h4-6H,3,12H2,1-2H3. The Kier molecular flexibility index (Phi) is 3.88. The van der Waals surface area contributed by atoms with Crippen molar-refractivity contribution >= 4 is 17.4 Å². The van der Waals surface area contributed by atoms with Gasteiger partial charge in [-0.05, 0) is 25.1 Å². The number of benzene rings is 1. The number of nitrogens with two attached hydrogens (primary N) is 1. The number of carbonyl (C=O) groups excluding carboxylic acids is 2. The fourth-order valence-corrected chi connectivity index (χ4v) is 1.19. The number of ether oxygens (including phenoxy) is 2. The number of nitrogen functional groups attached to an aromatic ring is 1. The van der Waals surface area contributed by atoms with E-state index in [-0.39, 0.29) is 12.2 Å². The summed E-state index contributed by atoms with van der Waals surface area (Å²) in [5, 5.41) is 0. The van der Waals surface area contributed by atoms with Crippen molar-refractivity contribution in [1.29, 1.82) is 0 Å². The normalized spacial score (nSPS) is 9.62. The van der Waals surface area contributed by atoms with E-state index in [1.54, 1.807) is 6.92 Å². The van der Waals surface area contributed by atoms with Crippen LogP contribution in [0.15, 0.2) is 18.2 Å². The van der Waals surface area contributed by atoms with Crippen molar-refractivity contribution in [3.63, 3.8) is 0 Å². The van der Waals surface area contributed by atoms with Crippen molar-refractivity contribution in [2.24, 2.45) is 0 Å². The van der Waals surface area contributed by atoms with Crippen molar-refractivity contribution in [1.82, 2.24) is 0 Å². The Morgan fingerprint density at radius 1 is 1.38 bits per heavy atom. The summed E-state index contributed by atoms with van der Waals surface area (Å²) in [6.45, 7) is 1.80. The molecule has 0 radical (unpaired) electrons. The highest BCUT2D eigenvalue weighted by molar-refractivity contribution is 6.40. The number of carbonyl (C=O) groups is 2. The zero-order valence-corrected chi connectivity index (χ0v) is 9.15. The summed E-state index contributed by atoms with van der Waals surface area (Å²) in [5.74, 6) is -1.14. The fourth-order valence-electron chi connectivity index (χ4n) is 1.19. The van der Waals surface area contributed by atoms with E-state index in [9.17, 15) is 9.59 Å². The van der Waals surface area contributed by atoms with E-state index in [4.69, 9.17) is 10.5 Å². The van der Waals surface area contributed by atoms with Gasteiger partial charge in [0.05, 0.1) is 19.4 Å². The van der Waals surface area contributed by atoms with Gasteiger partial charge in [-0.3, -0.25) is 4.79 Å². The van der Waals surface area contributed by atoms with E-state index in [1.165, 1.54) is 25.3 Å². The lowest BCUT2D eigenvalue weighted by Gasteiger charge is -2.06. The predicted octanol–water partition coefficient (Wildman–Crippen LogP) is 1.02. The molecule has 0 amide bonds. The molecule has 0 bridgehead atoms. The van der Waals surface area contributed by atoms with E-state index in [0.717, 1.165) is 0 Å². The molecule has 5 nitrogen and oxygen atoms in total. The molecule has 5 heteroatoms. The van der Waals surface area contributed by atoms with E-state index in [1.807, 2.05) is 0 Å². The van der Waals surface area contributed by atoms with Gasteiger partial charge in [-0.2, -0.15) is 0 Å². The maximum absolute atomic E-state index is 11.5. The Balaban J connectivity index is 2.93. The van der Waals surface area contributed by atoms with Crippen molar-refractivity contribution in [2.45, 2.75) is 6.92 Å². The van der Waals surface area contributed by atoms with Crippen LogP contribution >= 0.6 is 0 Å². The van der Waals surface area contributed by atoms with Crippen LogP contribution in [0.3, 0.4) is 0 Å². The summed E-state index contributed by atoms with van der Waals surface area (Å²) < 4.78 is 9.53. The molecule has 16 heavy (non-hydrogen) atoms. The highest BCUT2D eigenvalue weighted by Gasteiger charge is 2.18. The summed E-state index contributed by atoms with van der Waals surface area (Å²) in [5.41, 5.74) is 6.11. The molecule has 0 saturated carbocycles. The molecule has 0 atom stereocenters. The second kappa shape index (κ2) is 5.16. The highest BCUT2D eigenvalue weighted by atomic mass is 16.5. The minimum Gasteiger partial charge on any atom is -0.495 e. The first-order valence-electron chi connectivity index (χ1n) is 4.75. The molecule has 1 aromatic carbocycles. The average Bonchev–Trinajstić information content (AvgIpc) is 2.28. The number of rotatable bonds is 4. The Morgan fingerprint density at radius 2 is 2.06 bits per heavy atom. The largest absolute Gasteiger partial charge is 0.495 e. The molecule has 2 N–H and O–H groups in total. The minimum atomic E-state index is -0.882. The van der Waals surface area contributed by atoms with Crippen LogP contribution in [0.5, 0.6) is 5.75 Å².